The smallest absolute Gasteiger partial charge is 0.246 e. The van der Waals surface area contributed by atoms with E-state index in [0.717, 1.165) is 19.3 Å². The predicted molar refractivity (Wildman–Crippen MR) is 89.1 cm³/mol. The minimum Gasteiger partial charge on any atom is -0.507 e. The van der Waals surface area contributed by atoms with Crippen LogP contribution in [0.3, 0.4) is 0 Å². The van der Waals surface area contributed by atoms with Crippen LogP contribution in [0.25, 0.3) is 0 Å². The second kappa shape index (κ2) is 5.08. The third-order valence-electron chi connectivity index (χ3n) is 6.14. The van der Waals surface area contributed by atoms with Crippen molar-refractivity contribution in [1.29, 1.82) is 0 Å². The van der Waals surface area contributed by atoms with E-state index in [1.807, 2.05) is 6.07 Å². The maximum atomic E-state index is 12.8. The van der Waals surface area contributed by atoms with Crippen molar-refractivity contribution in [3.8, 4) is 5.75 Å². The summed E-state index contributed by atoms with van der Waals surface area (Å²) < 4.78 is 0. The topological polar surface area (TPSA) is 61.7 Å². The van der Waals surface area contributed by atoms with Gasteiger partial charge in [-0.25, -0.2) is 5.43 Å². The zero-order valence-corrected chi connectivity index (χ0v) is 13.6. The van der Waals surface area contributed by atoms with Gasteiger partial charge in [-0.2, -0.15) is 5.10 Å². The molecule has 4 saturated carbocycles. The minimum absolute atomic E-state index is 0.0736. The molecule has 0 radical (unpaired) electrons. The molecule has 0 spiro atoms. The Labute approximate surface area is 137 Å². The molecule has 4 heteroatoms. The zero-order chi connectivity index (χ0) is 16.1. The van der Waals surface area contributed by atoms with Crippen LogP contribution in [-0.4, -0.2) is 17.2 Å². The fourth-order valence-corrected chi connectivity index (χ4v) is 5.86. The first-order valence-corrected chi connectivity index (χ1v) is 8.60. The monoisotopic (exact) mass is 312 g/mol. The number of para-hydroxylation sites is 1. The van der Waals surface area contributed by atoms with Crippen LogP contribution in [0.4, 0.5) is 0 Å². The molecule has 2 N–H and O–H groups in total. The van der Waals surface area contributed by atoms with E-state index in [9.17, 15) is 9.90 Å². The number of carbonyl (C=O) groups excluding carboxylic acids is 1. The molecule has 4 aliphatic rings. The van der Waals surface area contributed by atoms with Crippen LogP contribution in [-0.2, 0) is 4.79 Å². The molecule has 4 fully saturated rings. The molecule has 23 heavy (non-hydrogen) atoms. The molecule has 0 heterocycles. The molecule has 2 unspecified atom stereocenters. The molecule has 1 aromatic rings. The Bertz CT molecular complexity index is 653. The second-order valence-electron chi connectivity index (χ2n) is 8.31. The number of aromatic hydroxyl groups is 1. The second-order valence-corrected chi connectivity index (χ2v) is 8.31. The van der Waals surface area contributed by atoms with E-state index in [2.05, 4.69) is 17.5 Å². The maximum absolute atomic E-state index is 12.8. The van der Waals surface area contributed by atoms with Gasteiger partial charge in [0.25, 0.3) is 0 Å². The normalized spacial score (nSPS) is 38.1. The minimum atomic E-state index is -0.213. The summed E-state index contributed by atoms with van der Waals surface area (Å²) >= 11 is 0. The first kappa shape index (κ1) is 14.7. The lowest BCUT2D eigenvalue weighted by Crippen LogP contribution is -2.56. The van der Waals surface area contributed by atoms with Crippen molar-refractivity contribution in [2.24, 2.45) is 27.8 Å². The summed E-state index contributed by atoms with van der Waals surface area (Å²) in [7, 11) is 0. The number of amides is 1. The van der Waals surface area contributed by atoms with Crippen molar-refractivity contribution >= 4 is 12.1 Å². The lowest BCUT2D eigenvalue weighted by atomic mass is 9.44. The maximum Gasteiger partial charge on any atom is 0.246 e. The first-order valence-electron chi connectivity index (χ1n) is 8.60. The molecule has 1 aromatic carbocycles. The van der Waals surface area contributed by atoms with Crippen molar-refractivity contribution in [2.45, 2.75) is 45.4 Å². The Morgan fingerprint density at radius 2 is 1.96 bits per heavy atom. The molecule has 0 saturated heterocycles. The van der Waals surface area contributed by atoms with Crippen LogP contribution < -0.4 is 5.43 Å². The summed E-state index contributed by atoms with van der Waals surface area (Å²) in [5.41, 5.74) is 3.50. The number of hydrazone groups is 1. The van der Waals surface area contributed by atoms with E-state index in [-0.39, 0.29) is 17.1 Å². The lowest BCUT2D eigenvalue weighted by molar-refractivity contribution is -0.155. The SMILES string of the molecule is CC12C[C@H]3C[C@@H](C1)CC(C(=O)N/N=C\c1ccccc1O)(C3)C2. The fraction of sp³-hybridized carbons (Fsp3) is 0.579. The number of benzene rings is 1. The highest BCUT2D eigenvalue weighted by Gasteiger charge is 2.58. The molecule has 4 aliphatic carbocycles. The molecule has 1 amide bonds. The fourth-order valence-electron chi connectivity index (χ4n) is 5.86. The number of phenols is 1. The van der Waals surface area contributed by atoms with Gasteiger partial charge in [-0.05, 0) is 67.9 Å². The Morgan fingerprint density at radius 3 is 2.61 bits per heavy atom. The largest absolute Gasteiger partial charge is 0.507 e. The van der Waals surface area contributed by atoms with Crippen LogP contribution in [0.1, 0.15) is 51.0 Å². The summed E-state index contributed by atoms with van der Waals surface area (Å²) in [6.45, 7) is 2.36. The van der Waals surface area contributed by atoms with Crippen LogP contribution in [0.2, 0.25) is 0 Å². The highest BCUT2D eigenvalue weighted by Crippen LogP contribution is 2.65. The molecule has 122 valence electrons. The zero-order valence-electron chi connectivity index (χ0n) is 13.6. The van der Waals surface area contributed by atoms with Crippen molar-refractivity contribution in [1.82, 2.24) is 5.43 Å². The average Bonchev–Trinajstić information content (AvgIpc) is 2.46. The van der Waals surface area contributed by atoms with E-state index >= 15 is 0 Å². The van der Waals surface area contributed by atoms with Gasteiger partial charge in [0.1, 0.15) is 5.75 Å². The number of carbonyl (C=O) groups is 1. The van der Waals surface area contributed by atoms with Crippen LogP contribution in [0.15, 0.2) is 29.4 Å². The van der Waals surface area contributed by atoms with Crippen LogP contribution in [0, 0.1) is 22.7 Å². The summed E-state index contributed by atoms with van der Waals surface area (Å²) in [5.74, 6) is 1.68. The molecule has 4 atom stereocenters. The third-order valence-corrected chi connectivity index (χ3v) is 6.14. The molecule has 4 nitrogen and oxygen atoms in total. The molecule has 5 rings (SSSR count). The molecule has 0 aromatic heterocycles. The molecule has 0 aliphatic heterocycles. The summed E-state index contributed by atoms with van der Waals surface area (Å²) in [4.78, 5) is 12.8. The van der Waals surface area contributed by atoms with Crippen LogP contribution >= 0.6 is 0 Å². The van der Waals surface area contributed by atoms with Crippen molar-refractivity contribution < 1.29 is 9.90 Å². The van der Waals surface area contributed by atoms with E-state index in [1.54, 1.807) is 18.2 Å². The van der Waals surface area contributed by atoms with Gasteiger partial charge in [0, 0.05) is 5.56 Å². The third kappa shape index (κ3) is 2.54. The molecular formula is C19H24N2O2. The number of hydrogen-bond donors (Lipinski definition) is 2. The van der Waals surface area contributed by atoms with E-state index < -0.39 is 0 Å². The predicted octanol–water partition coefficient (Wildman–Crippen LogP) is 3.45. The number of nitrogens with zero attached hydrogens (tertiary/aromatic N) is 1. The number of rotatable bonds is 3. The highest BCUT2D eigenvalue weighted by molar-refractivity contribution is 5.87. The van der Waals surface area contributed by atoms with Crippen molar-refractivity contribution in [3.63, 3.8) is 0 Å². The van der Waals surface area contributed by atoms with Crippen molar-refractivity contribution in [3.05, 3.63) is 29.8 Å². The lowest BCUT2D eigenvalue weighted by Gasteiger charge is -2.60. The summed E-state index contributed by atoms with van der Waals surface area (Å²) in [6.07, 6.45) is 8.47. The first-order chi connectivity index (χ1) is 11.0. The van der Waals surface area contributed by atoms with Gasteiger partial charge in [-0.1, -0.05) is 19.1 Å². The Hall–Kier alpha value is -1.84. The van der Waals surface area contributed by atoms with Gasteiger partial charge in [0.2, 0.25) is 5.91 Å². The molecular weight excluding hydrogens is 288 g/mol. The Morgan fingerprint density at radius 1 is 1.26 bits per heavy atom. The van der Waals surface area contributed by atoms with E-state index in [1.165, 1.54) is 25.5 Å². The number of nitrogens with one attached hydrogen (secondary N) is 1. The quantitative estimate of drug-likeness (QED) is 0.663. The Kier molecular flexibility index (Phi) is 3.26. The standard InChI is InChI=1S/C19H24N2O2/c1-18-7-13-6-14(8-18)10-19(9-13,12-18)17(23)21-20-11-15-4-2-3-5-16(15)22/h2-5,11,13-14,22H,6-10,12H2,1H3,(H,21,23)/b20-11-/t13-,14+,18?,19?. The van der Waals surface area contributed by atoms with Gasteiger partial charge in [0.05, 0.1) is 11.6 Å². The highest BCUT2D eigenvalue weighted by atomic mass is 16.3. The van der Waals surface area contributed by atoms with Gasteiger partial charge in [0.15, 0.2) is 0 Å². The average molecular weight is 312 g/mol. The van der Waals surface area contributed by atoms with Gasteiger partial charge < -0.3 is 5.11 Å². The molecule has 4 bridgehead atoms. The summed E-state index contributed by atoms with van der Waals surface area (Å²) in [5, 5.41) is 13.8. The van der Waals surface area contributed by atoms with E-state index in [4.69, 9.17) is 0 Å². The van der Waals surface area contributed by atoms with Crippen LogP contribution in [0.5, 0.6) is 5.75 Å². The van der Waals surface area contributed by atoms with Crippen molar-refractivity contribution in [2.75, 3.05) is 0 Å². The Balaban J connectivity index is 1.48. The number of phenolic OH excluding ortho intramolecular Hbond substituents is 1. The summed E-state index contributed by atoms with van der Waals surface area (Å²) in [6, 6.07) is 6.99. The van der Waals surface area contributed by atoms with Gasteiger partial charge in [-0.15, -0.1) is 0 Å². The van der Waals surface area contributed by atoms with E-state index in [0.29, 0.717) is 22.8 Å². The van der Waals surface area contributed by atoms with Gasteiger partial charge in [-0.3, -0.25) is 4.79 Å². The number of hydrogen-bond acceptors (Lipinski definition) is 3. The van der Waals surface area contributed by atoms with Gasteiger partial charge >= 0.3 is 0 Å².